The number of halogens is 1. The Morgan fingerprint density at radius 3 is 2.73 bits per heavy atom. The summed E-state index contributed by atoms with van der Waals surface area (Å²) in [6.45, 7) is 4.17. The summed E-state index contributed by atoms with van der Waals surface area (Å²) in [6, 6.07) is 10.5. The van der Waals surface area contributed by atoms with Gasteiger partial charge in [-0.05, 0) is 49.6 Å². The summed E-state index contributed by atoms with van der Waals surface area (Å²) in [5.41, 5.74) is 0.489. The lowest BCUT2D eigenvalue weighted by Gasteiger charge is -2.29. The van der Waals surface area contributed by atoms with Gasteiger partial charge in [0.05, 0.1) is 18.9 Å². The molecule has 7 heteroatoms. The molecule has 1 aromatic heterocycles. The van der Waals surface area contributed by atoms with E-state index in [0.717, 1.165) is 32.3 Å². The van der Waals surface area contributed by atoms with Crippen LogP contribution < -0.4 is 0 Å². The first-order chi connectivity index (χ1) is 14.6. The van der Waals surface area contributed by atoms with E-state index in [2.05, 4.69) is 6.92 Å². The Balaban J connectivity index is 1.73. The van der Waals surface area contributed by atoms with E-state index < -0.39 is 0 Å². The summed E-state index contributed by atoms with van der Waals surface area (Å²) in [6.07, 6.45) is 5.31. The first kappa shape index (κ1) is 22.4. The molecule has 30 heavy (non-hydrogen) atoms. The van der Waals surface area contributed by atoms with E-state index in [1.165, 1.54) is 0 Å². The van der Waals surface area contributed by atoms with E-state index >= 15 is 0 Å². The average molecular weight is 433 g/mol. The van der Waals surface area contributed by atoms with Crippen LogP contribution in [0, 0.1) is 0 Å². The highest BCUT2D eigenvalue weighted by molar-refractivity contribution is 6.30. The van der Waals surface area contributed by atoms with Gasteiger partial charge < -0.3 is 19.0 Å². The van der Waals surface area contributed by atoms with Crippen LogP contribution in [0.2, 0.25) is 5.02 Å². The van der Waals surface area contributed by atoms with Crippen molar-refractivity contribution in [3.05, 3.63) is 59.0 Å². The molecule has 1 atom stereocenters. The number of carbonyl (C=O) groups excluding carboxylic acids is 2. The van der Waals surface area contributed by atoms with Crippen LogP contribution in [0.3, 0.4) is 0 Å². The number of benzene rings is 1. The number of nitrogens with zero attached hydrogens (tertiary/aromatic N) is 2. The van der Waals surface area contributed by atoms with Gasteiger partial charge in [-0.25, -0.2) is 0 Å². The van der Waals surface area contributed by atoms with Crippen LogP contribution in [0.4, 0.5) is 0 Å². The van der Waals surface area contributed by atoms with E-state index in [4.69, 9.17) is 20.8 Å². The Labute approximate surface area is 182 Å². The second-order valence-electron chi connectivity index (χ2n) is 7.58. The molecular weight excluding hydrogens is 404 g/mol. The number of hydrogen-bond acceptors (Lipinski definition) is 4. The minimum atomic E-state index is -0.186. The minimum absolute atomic E-state index is 0.0127. The van der Waals surface area contributed by atoms with Crippen LogP contribution in [0.5, 0.6) is 0 Å². The number of unbranched alkanes of at least 4 members (excludes halogenated alkanes) is 1. The highest BCUT2D eigenvalue weighted by Gasteiger charge is 2.26. The van der Waals surface area contributed by atoms with Crippen molar-refractivity contribution < 1.29 is 18.7 Å². The van der Waals surface area contributed by atoms with Gasteiger partial charge in [0.2, 0.25) is 5.91 Å². The fraction of sp³-hybridized carbons (Fsp3) is 0.478. The molecule has 2 aromatic rings. The summed E-state index contributed by atoms with van der Waals surface area (Å²) in [4.78, 5) is 29.7. The summed E-state index contributed by atoms with van der Waals surface area (Å²) < 4.78 is 11.2. The van der Waals surface area contributed by atoms with Gasteiger partial charge in [-0.3, -0.25) is 9.59 Å². The maximum absolute atomic E-state index is 13.2. The highest BCUT2D eigenvalue weighted by atomic mass is 35.5. The van der Waals surface area contributed by atoms with Crippen molar-refractivity contribution in [2.24, 2.45) is 0 Å². The average Bonchev–Trinajstić information content (AvgIpc) is 3.44. The molecule has 1 aliphatic rings. The number of rotatable bonds is 10. The smallest absolute Gasteiger partial charge is 0.254 e. The van der Waals surface area contributed by atoms with Crippen molar-refractivity contribution in [1.29, 1.82) is 0 Å². The highest BCUT2D eigenvalue weighted by Crippen LogP contribution is 2.17. The molecule has 0 aliphatic carbocycles. The molecule has 2 heterocycles. The number of hydrogen-bond donors (Lipinski definition) is 0. The van der Waals surface area contributed by atoms with Crippen LogP contribution in [-0.2, 0) is 16.1 Å². The summed E-state index contributed by atoms with van der Waals surface area (Å²) >= 11 is 6.06. The number of carbonyl (C=O) groups is 2. The molecule has 0 N–H and O–H groups in total. The second-order valence-corrected chi connectivity index (χ2v) is 8.02. The van der Waals surface area contributed by atoms with Crippen LogP contribution in [0.15, 0.2) is 47.1 Å². The standard InChI is InChI=1S/C23H29ClN2O4/c1-2-3-11-25(23(28)18-7-4-8-19(24)14-18)17-22(27)26(15-20-9-5-12-29-20)16-21-10-6-13-30-21/h4-5,7-9,12,14,21H,2-3,6,10-11,13,15-17H2,1H3. The maximum Gasteiger partial charge on any atom is 0.254 e. The minimum Gasteiger partial charge on any atom is -0.467 e. The van der Waals surface area contributed by atoms with E-state index in [1.54, 1.807) is 46.4 Å². The van der Waals surface area contributed by atoms with Gasteiger partial charge in [-0.15, -0.1) is 0 Å². The van der Waals surface area contributed by atoms with E-state index in [-0.39, 0.29) is 24.5 Å². The Kier molecular flexibility index (Phi) is 8.34. The van der Waals surface area contributed by atoms with Gasteiger partial charge in [0, 0.05) is 30.3 Å². The molecule has 0 bridgehead atoms. The van der Waals surface area contributed by atoms with Crippen LogP contribution in [0.25, 0.3) is 0 Å². The zero-order valence-corrected chi connectivity index (χ0v) is 18.1. The Morgan fingerprint density at radius 2 is 2.07 bits per heavy atom. The largest absolute Gasteiger partial charge is 0.467 e. The molecule has 0 saturated carbocycles. The predicted octanol–water partition coefficient (Wildman–Crippen LogP) is 4.38. The quantitative estimate of drug-likeness (QED) is 0.558. The van der Waals surface area contributed by atoms with Crippen LogP contribution in [0.1, 0.15) is 48.7 Å². The van der Waals surface area contributed by atoms with Crippen molar-refractivity contribution in [1.82, 2.24) is 9.80 Å². The normalized spacial score (nSPS) is 15.9. The molecule has 0 spiro atoms. The molecule has 1 saturated heterocycles. The molecule has 1 aromatic carbocycles. The van der Waals surface area contributed by atoms with Gasteiger partial charge in [0.15, 0.2) is 0 Å². The molecule has 6 nitrogen and oxygen atoms in total. The number of amides is 2. The van der Waals surface area contributed by atoms with E-state index in [9.17, 15) is 9.59 Å². The molecule has 162 valence electrons. The molecule has 1 aliphatic heterocycles. The Bertz CT molecular complexity index is 818. The number of ether oxygens (including phenoxy) is 1. The zero-order chi connectivity index (χ0) is 21.3. The van der Waals surface area contributed by atoms with Gasteiger partial charge in [0.1, 0.15) is 12.3 Å². The van der Waals surface area contributed by atoms with Crippen molar-refractivity contribution >= 4 is 23.4 Å². The third-order valence-corrected chi connectivity index (χ3v) is 5.43. The summed E-state index contributed by atoms with van der Waals surface area (Å²) in [5, 5.41) is 0.500. The number of furan rings is 1. The molecular formula is C23H29ClN2O4. The predicted molar refractivity (Wildman–Crippen MR) is 115 cm³/mol. The van der Waals surface area contributed by atoms with Crippen LogP contribution in [-0.4, -0.2) is 54.0 Å². The van der Waals surface area contributed by atoms with Crippen molar-refractivity contribution in [2.75, 3.05) is 26.2 Å². The fourth-order valence-corrected chi connectivity index (χ4v) is 3.74. The molecule has 1 unspecified atom stereocenters. The lowest BCUT2D eigenvalue weighted by Crippen LogP contribution is -2.45. The van der Waals surface area contributed by atoms with Gasteiger partial charge in [-0.2, -0.15) is 0 Å². The summed E-state index contributed by atoms with van der Waals surface area (Å²) in [5.74, 6) is 0.408. The molecule has 3 rings (SSSR count). The fourth-order valence-electron chi connectivity index (χ4n) is 3.55. The molecule has 0 radical (unpaired) electrons. The van der Waals surface area contributed by atoms with Crippen LogP contribution >= 0.6 is 11.6 Å². The first-order valence-electron chi connectivity index (χ1n) is 10.5. The van der Waals surface area contributed by atoms with Gasteiger partial charge in [0.25, 0.3) is 5.91 Å². The van der Waals surface area contributed by atoms with Crippen molar-refractivity contribution in [3.8, 4) is 0 Å². The van der Waals surface area contributed by atoms with Crippen molar-refractivity contribution in [2.45, 2.75) is 45.3 Å². The Morgan fingerprint density at radius 1 is 1.20 bits per heavy atom. The Hall–Kier alpha value is -2.31. The topological polar surface area (TPSA) is 63.0 Å². The molecule has 1 fully saturated rings. The van der Waals surface area contributed by atoms with Gasteiger partial charge >= 0.3 is 0 Å². The maximum atomic E-state index is 13.2. The second kappa shape index (κ2) is 11.2. The lowest BCUT2D eigenvalue weighted by molar-refractivity contribution is -0.134. The third kappa shape index (κ3) is 6.34. The molecule has 2 amide bonds. The van der Waals surface area contributed by atoms with Crippen molar-refractivity contribution in [3.63, 3.8) is 0 Å². The van der Waals surface area contributed by atoms with E-state index in [1.807, 2.05) is 6.07 Å². The zero-order valence-electron chi connectivity index (χ0n) is 17.4. The van der Waals surface area contributed by atoms with Gasteiger partial charge in [-0.1, -0.05) is 31.0 Å². The third-order valence-electron chi connectivity index (χ3n) is 5.19. The lowest BCUT2D eigenvalue weighted by atomic mass is 10.1. The van der Waals surface area contributed by atoms with E-state index in [0.29, 0.717) is 36.0 Å². The monoisotopic (exact) mass is 432 g/mol. The first-order valence-corrected chi connectivity index (χ1v) is 10.9. The summed E-state index contributed by atoms with van der Waals surface area (Å²) in [7, 11) is 0. The SMILES string of the molecule is CCCCN(CC(=O)N(Cc1ccco1)CC1CCCO1)C(=O)c1cccc(Cl)c1.